The normalized spacial score (nSPS) is 10.6. The van der Waals surface area contributed by atoms with E-state index in [0.29, 0.717) is 11.3 Å². The molecule has 0 saturated carbocycles. The predicted molar refractivity (Wildman–Crippen MR) is 90.2 cm³/mol. The van der Waals surface area contributed by atoms with Crippen LogP contribution in [0.3, 0.4) is 0 Å². The van der Waals surface area contributed by atoms with Gasteiger partial charge in [0, 0.05) is 17.7 Å². The molecule has 1 amide bonds. The van der Waals surface area contributed by atoms with Crippen LogP contribution in [0.1, 0.15) is 16.7 Å². The van der Waals surface area contributed by atoms with Gasteiger partial charge in [0.15, 0.2) is 6.61 Å². The van der Waals surface area contributed by atoms with E-state index in [4.69, 9.17) is 4.74 Å². The molecule has 7 nitrogen and oxygen atoms in total. The van der Waals surface area contributed by atoms with Crippen molar-refractivity contribution < 1.29 is 14.5 Å². The summed E-state index contributed by atoms with van der Waals surface area (Å²) in [6.45, 7) is 3.79. The predicted octanol–water partition coefficient (Wildman–Crippen LogP) is 2.74. The van der Waals surface area contributed by atoms with Gasteiger partial charge in [-0.2, -0.15) is 5.10 Å². The molecule has 0 spiro atoms. The third kappa shape index (κ3) is 4.91. The van der Waals surface area contributed by atoms with Gasteiger partial charge in [-0.3, -0.25) is 14.9 Å². The number of non-ortho nitro benzene ring substituents is 1. The lowest BCUT2D eigenvalue weighted by Gasteiger charge is -2.07. The highest BCUT2D eigenvalue weighted by Crippen LogP contribution is 2.16. The maximum atomic E-state index is 11.7. The van der Waals surface area contributed by atoms with Crippen LogP contribution in [-0.4, -0.2) is 23.7 Å². The Bertz CT molecular complexity index is 787. The van der Waals surface area contributed by atoms with Gasteiger partial charge < -0.3 is 4.74 Å². The van der Waals surface area contributed by atoms with Crippen molar-refractivity contribution in [2.45, 2.75) is 13.8 Å². The Morgan fingerprint density at radius 3 is 2.75 bits per heavy atom. The lowest BCUT2D eigenvalue weighted by atomic mass is 10.1. The number of hydrazone groups is 1. The molecular weight excluding hydrogens is 310 g/mol. The molecule has 1 N–H and O–H groups in total. The first-order valence-corrected chi connectivity index (χ1v) is 7.22. The molecule has 24 heavy (non-hydrogen) atoms. The number of hydrogen-bond acceptors (Lipinski definition) is 5. The highest BCUT2D eigenvalue weighted by Gasteiger charge is 2.05. The van der Waals surface area contributed by atoms with Gasteiger partial charge in [0.1, 0.15) is 5.75 Å². The topological polar surface area (TPSA) is 93.8 Å². The molecule has 0 atom stereocenters. The number of ether oxygens (including phenoxy) is 1. The Hall–Kier alpha value is -3.22. The summed E-state index contributed by atoms with van der Waals surface area (Å²) in [6, 6.07) is 11.5. The van der Waals surface area contributed by atoms with Crippen molar-refractivity contribution in [3.8, 4) is 5.75 Å². The van der Waals surface area contributed by atoms with Crippen LogP contribution < -0.4 is 10.2 Å². The number of aryl methyl sites for hydroxylation is 2. The minimum atomic E-state index is -0.493. The zero-order valence-corrected chi connectivity index (χ0v) is 13.4. The van der Waals surface area contributed by atoms with Gasteiger partial charge in [0.25, 0.3) is 11.6 Å². The molecule has 0 aliphatic carbocycles. The average molecular weight is 327 g/mol. The first-order valence-electron chi connectivity index (χ1n) is 7.22. The van der Waals surface area contributed by atoms with Crippen LogP contribution in [0.25, 0.3) is 0 Å². The molecule has 2 aromatic carbocycles. The second kappa shape index (κ2) is 7.87. The fourth-order valence-corrected chi connectivity index (χ4v) is 1.88. The molecular formula is C17H17N3O4. The Kier molecular flexibility index (Phi) is 5.62. The summed E-state index contributed by atoms with van der Waals surface area (Å²) in [4.78, 5) is 21.9. The number of nitrogens with one attached hydrogen (secondary N) is 1. The second-order valence-electron chi connectivity index (χ2n) is 5.18. The van der Waals surface area contributed by atoms with Gasteiger partial charge in [0.05, 0.1) is 11.1 Å². The summed E-state index contributed by atoms with van der Waals surface area (Å²) in [5.74, 6) is 0.186. The molecule has 124 valence electrons. The van der Waals surface area contributed by atoms with Gasteiger partial charge in [-0.25, -0.2) is 5.43 Å². The van der Waals surface area contributed by atoms with Crippen molar-refractivity contribution in [2.75, 3.05) is 6.61 Å². The minimum Gasteiger partial charge on any atom is -0.484 e. The lowest BCUT2D eigenvalue weighted by molar-refractivity contribution is -0.384. The zero-order valence-electron chi connectivity index (χ0n) is 13.4. The number of nitrogens with zero attached hydrogens (tertiary/aromatic N) is 2. The van der Waals surface area contributed by atoms with Crippen molar-refractivity contribution in [3.63, 3.8) is 0 Å². The summed E-state index contributed by atoms with van der Waals surface area (Å²) in [5.41, 5.74) is 5.01. The molecule has 0 fully saturated rings. The standard InChI is InChI=1S/C17H17N3O4/c1-12-6-7-16(8-13(12)2)24-11-17(21)19-18-10-14-4-3-5-15(9-14)20(22)23/h3-10H,11H2,1-2H3,(H,19,21)/b18-10-. The molecule has 0 unspecified atom stereocenters. The highest BCUT2D eigenvalue weighted by molar-refractivity contribution is 5.83. The molecule has 0 heterocycles. The number of amides is 1. The number of benzene rings is 2. The third-order valence-corrected chi connectivity index (χ3v) is 3.33. The van der Waals surface area contributed by atoms with Crippen LogP contribution >= 0.6 is 0 Å². The van der Waals surface area contributed by atoms with Crippen molar-refractivity contribution in [1.29, 1.82) is 0 Å². The van der Waals surface area contributed by atoms with Crippen LogP contribution in [0.2, 0.25) is 0 Å². The van der Waals surface area contributed by atoms with Crippen LogP contribution in [0.4, 0.5) is 5.69 Å². The van der Waals surface area contributed by atoms with Gasteiger partial charge in [-0.1, -0.05) is 18.2 Å². The highest BCUT2D eigenvalue weighted by atomic mass is 16.6. The molecule has 0 aliphatic heterocycles. The number of rotatable bonds is 6. The maximum absolute atomic E-state index is 11.7. The monoisotopic (exact) mass is 327 g/mol. The van der Waals surface area contributed by atoms with E-state index in [1.807, 2.05) is 26.0 Å². The first kappa shape index (κ1) is 17.1. The summed E-state index contributed by atoms with van der Waals surface area (Å²) >= 11 is 0. The second-order valence-corrected chi connectivity index (χ2v) is 5.18. The average Bonchev–Trinajstić information content (AvgIpc) is 2.56. The molecule has 7 heteroatoms. The fraction of sp³-hybridized carbons (Fsp3) is 0.176. The van der Waals surface area contributed by atoms with E-state index in [9.17, 15) is 14.9 Å². The summed E-state index contributed by atoms with van der Waals surface area (Å²) in [6.07, 6.45) is 1.33. The van der Waals surface area contributed by atoms with E-state index in [1.54, 1.807) is 18.2 Å². The summed E-state index contributed by atoms with van der Waals surface area (Å²) < 4.78 is 5.38. The van der Waals surface area contributed by atoms with E-state index >= 15 is 0 Å². The summed E-state index contributed by atoms with van der Waals surface area (Å²) in [7, 11) is 0. The lowest BCUT2D eigenvalue weighted by Crippen LogP contribution is -2.24. The molecule has 0 aromatic heterocycles. The van der Waals surface area contributed by atoms with E-state index in [2.05, 4.69) is 10.5 Å². The largest absolute Gasteiger partial charge is 0.484 e. The Labute approximate surface area is 139 Å². The van der Waals surface area contributed by atoms with E-state index in [-0.39, 0.29) is 12.3 Å². The SMILES string of the molecule is Cc1ccc(OCC(=O)N/N=C\c2cccc([N+](=O)[O-])c2)cc1C. The van der Waals surface area contributed by atoms with Gasteiger partial charge in [-0.05, 0) is 37.1 Å². The minimum absolute atomic E-state index is 0.0386. The first-order chi connectivity index (χ1) is 11.5. The maximum Gasteiger partial charge on any atom is 0.277 e. The van der Waals surface area contributed by atoms with Crippen molar-refractivity contribution in [2.24, 2.45) is 5.10 Å². The van der Waals surface area contributed by atoms with Crippen LogP contribution in [0.15, 0.2) is 47.6 Å². The number of carbonyl (C=O) groups is 1. The molecule has 0 aliphatic rings. The van der Waals surface area contributed by atoms with Crippen LogP contribution in [0.5, 0.6) is 5.75 Å². The number of carbonyl (C=O) groups excluding carboxylic acids is 1. The molecule has 0 radical (unpaired) electrons. The van der Waals surface area contributed by atoms with E-state index in [0.717, 1.165) is 11.1 Å². The van der Waals surface area contributed by atoms with Crippen molar-refractivity contribution in [3.05, 3.63) is 69.3 Å². The van der Waals surface area contributed by atoms with Crippen molar-refractivity contribution >= 4 is 17.8 Å². The number of nitro groups is 1. The molecule has 2 rings (SSSR count). The Morgan fingerprint density at radius 2 is 2.04 bits per heavy atom. The molecule has 0 bridgehead atoms. The van der Waals surface area contributed by atoms with Gasteiger partial charge in [0.2, 0.25) is 0 Å². The van der Waals surface area contributed by atoms with Crippen LogP contribution in [0, 0.1) is 24.0 Å². The van der Waals surface area contributed by atoms with E-state index < -0.39 is 10.8 Å². The van der Waals surface area contributed by atoms with Crippen LogP contribution in [-0.2, 0) is 4.79 Å². The van der Waals surface area contributed by atoms with E-state index in [1.165, 1.54) is 18.3 Å². The molecule has 2 aromatic rings. The zero-order chi connectivity index (χ0) is 17.5. The Morgan fingerprint density at radius 1 is 1.25 bits per heavy atom. The smallest absolute Gasteiger partial charge is 0.277 e. The third-order valence-electron chi connectivity index (χ3n) is 3.33. The van der Waals surface area contributed by atoms with Gasteiger partial charge >= 0.3 is 0 Å². The van der Waals surface area contributed by atoms with Gasteiger partial charge in [-0.15, -0.1) is 0 Å². The van der Waals surface area contributed by atoms with Crippen molar-refractivity contribution in [1.82, 2.24) is 5.43 Å². The quantitative estimate of drug-likeness (QED) is 0.501. The fourth-order valence-electron chi connectivity index (χ4n) is 1.88. The number of hydrogen-bond donors (Lipinski definition) is 1. The molecule has 0 saturated heterocycles. The Balaban J connectivity index is 1.85. The number of nitro benzene ring substituents is 1. The summed E-state index contributed by atoms with van der Waals surface area (Å²) in [5, 5.41) is 14.4.